The van der Waals surface area contributed by atoms with Crippen LogP contribution in [0.3, 0.4) is 0 Å². The number of nitrogens with zero attached hydrogens (tertiary/aromatic N) is 4. The van der Waals surface area contributed by atoms with Gasteiger partial charge in [0.15, 0.2) is 11.6 Å². The molecule has 0 aromatic carbocycles. The maximum absolute atomic E-state index is 14.4. The molecule has 3 aromatic rings. The molecule has 0 spiro atoms. The fourth-order valence-corrected chi connectivity index (χ4v) is 2.40. The summed E-state index contributed by atoms with van der Waals surface area (Å²) in [6, 6.07) is 4.11. The summed E-state index contributed by atoms with van der Waals surface area (Å²) >= 11 is 0. The zero-order valence-electron chi connectivity index (χ0n) is 15.4. The van der Waals surface area contributed by atoms with E-state index < -0.39 is 11.7 Å². The maximum Gasteiger partial charge on any atom is 0.252 e. The standard InChI is InChI=1S/C18H21FN8O/c1-10(20)11(2)24-18-15(19)7-14(16(21)28)17(26-18)25-12-6-13(9-22-8-12)27-5-3-4-23-27/h3-11H,20H2,1-2H3,(H2,21,28)(H2,24,25,26). The van der Waals surface area contributed by atoms with Crippen molar-refractivity contribution in [2.45, 2.75) is 25.9 Å². The first-order valence-corrected chi connectivity index (χ1v) is 8.59. The Bertz CT molecular complexity index is 974. The van der Waals surface area contributed by atoms with Crippen LogP contribution in [-0.2, 0) is 0 Å². The Morgan fingerprint density at radius 1 is 1.25 bits per heavy atom. The van der Waals surface area contributed by atoms with E-state index in [1.165, 1.54) is 0 Å². The number of rotatable bonds is 7. The van der Waals surface area contributed by atoms with E-state index in [2.05, 4.69) is 25.7 Å². The first-order valence-electron chi connectivity index (χ1n) is 8.59. The number of carbonyl (C=O) groups is 1. The molecule has 0 saturated carbocycles. The molecular weight excluding hydrogens is 363 g/mol. The van der Waals surface area contributed by atoms with Crippen molar-refractivity contribution < 1.29 is 9.18 Å². The summed E-state index contributed by atoms with van der Waals surface area (Å²) in [5.41, 5.74) is 12.3. The molecule has 146 valence electrons. The predicted molar refractivity (Wildman–Crippen MR) is 104 cm³/mol. The zero-order valence-corrected chi connectivity index (χ0v) is 15.4. The van der Waals surface area contributed by atoms with Crippen LogP contribution in [0.25, 0.3) is 5.69 Å². The van der Waals surface area contributed by atoms with Crippen molar-refractivity contribution >= 4 is 23.2 Å². The van der Waals surface area contributed by atoms with Gasteiger partial charge in [0.1, 0.15) is 5.82 Å². The summed E-state index contributed by atoms with van der Waals surface area (Å²) in [5, 5.41) is 10.0. The molecule has 0 radical (unpaired) electrons. The largest absolute Gasteiger partial charge is 0.365 e. The van der Waals surface area contributed by atoms with Gasteiger partial charge in [0.05, 0.1) is 29.3 Å². The molecule has 0 bridgehead atoms. The van der Waals surface area contributed by atoms with E-state index >= 15 is 0 Å². The molecule has 6 N–H and O–H groups in total. The number of halogens is 1. The molecule has 3 aromatic heterocycles. The second-order valence-electron chi connectivity index (χ2n) is 6.38. The lowest BCUT2D eigenvalue weighted by atomic mass is 10.2. The summed E-state index contributed by atoms with van der Waals surface area (Å²) in [6.07, 6.45) is 6.58. The van der Waals surface area contributed by atoms with Crippen LogP contribution in [0.4, 0.5) is 21.7 Å². The van der Waals surface area contributed by atoms with Crippen molar-refractivity contribution in [1.82, 2.24) is 19.7 Å². The molecule has 2 unspecified atom stereocenters. The predicted octanol–water partition coefficient (Wildman–Crippen LogP) is 1.79. The van der Waals surface area contributed by atoms with Gasteiger partial charge in [-0.2, -0.15) is 5.10 Å². The summed E-state index contributed by atoms with van der Waals surface area (Å²) in [5.74, 6) is -1.44. The number of amides is 1. The van der Waals surface area contributed by atoms with Gasteiger partial charge in [-0.3, -0.25) is 9.78 Å². The minimum absolute atomic E-state index is 0.0338. The second kappa shape index (κ2) is 8.01. The minimum atomic E-state index is -0.808. The molecule has 3 heterocycles. The summed E-state index contributed by atoms with van der Waals surface area (Å²) < 4.78 is 16.0. The molecule has 1 amide bonds. The summed E-state index contributed by atoms with van der Waals surface area (Å²) in [7, 11) is 0. The lowest BCUT2D eigenvalue weighted by Crippen LogP contribution is -2.35. The molecule has 0 aliphatic heterocycles. The summed E-state index contributed by atoms with van der Waals surface area (Å²) in [6.45, 7) is 3.59. The average molecular weight is 384 g/mol. The topological polar surface area (TPSA) is 137 Å². The summed E-state index contributed by atoms with van der Waals surface area (Å²) in [4.78, 5) is 20.1. The van der Waals surface area contributed by atoms with Gasteiger partial charge in [-0.25, -0.2) is 14.1 Å². The Morgan fingerprint density at radius 3 is 2.68 bits per heavy atom. The van der Waals surface area contributed by atoms with E-state index in [0.717, 1.165) is 6.07 Å². The van der Waals surface area contributed by atoms with Crippen molar-refractivity contribution in [3.8, 4) is 5.69 Å². The van der Waals surface area contributed by atoms with E-state index in [4.69, 9.17) is 11.5 Å². The highest BCUT2D eigenvalue weighted by atomic mass is 19.1. The van der Waals surface area contributed by atoms with E-state index in [1.807, 2.05) is 0 Å². The van der Waals surface area contributed by atoms with Crippen molar-refractivity contribution in [1.29, 1.82) is 0 Å². The molecule has 28 heavy (non-hydrogen) atoms. The van der Waals surface area contributed by atoms with Crippen molar-refractivity contribution in [2.24, 2.45) is 11.5 Å². The first kappa shape index (κ1) is 19.2. The average Bonchev–Trinajstić information content (AvgIpc) is 3.19. The molecule has 0 fully saturated rings. The Kier molecular flexibility index (Phi) is 5.50. The second-order valence-corrected chi connectivity index (χ2v) is 6.38. The van der Waals surface area contributed by atoms with E-state index in [0.29, 0.717) is 11.4 Å². The van der Waals surface area contributed by atoms with Crippen molar-refractivity contribution in [3.63, 3.8) is 0 Å². The number of nitrogens with one attached hydrogen (secondary N) is 2. The van der Waals surface area contributed by atoms with Gasteiger partial charge < -0.3 is 22.1 Å². The molecule has 0 aliphatic rings. The number of carbonyl (C=O) groups excluding carboxylic acids is 1. The highest BCUT2D eigenvalue weighted by Gasteiger charge is 2.18. The van der Waals surface area contributed by atoms with Crippen LogP contribution in [0.5, 0.6) is 0 Å². The van der Waals surface area contributed by atoms with Gasteiger partial charge >= 0.3 is 0 Å². The van der Waals surface area contributed by atoms with Gasteiger partial charge in [0, 0.05) is 24.5 Å². The van der Waals surface area contributed by atoms with E-state index in [-0.39, 0.29) is 29.3 Å². The normalized spacial score (nSPS) is 13.0. The third-order valence-corrected chi connectivity index (χ3v) is 4.15. The number of pyridine rings is 2. The molecule has 2 atom stereocenters. The zero-order chi connectivity index (χ0) is 20.3. The number of hydrogen-bond donors (Lipinski definition) is 4. The Hall–Kier alpha value is -3.53. The molecule has 9 nitrogen and oxygen atoms in total. The molecule has 0 aliphatic carbocycles. The van der Waals surface area contributed by atoms with Crippen LogP contribution in [0.1, 0.15) is 24.2 Å². The first-order chi connectivity index (χ1) is 13.3. The number of nitrogens with two attached hydrogens (primary N) is 2. The smallest absolute Gasteiger partial charge is 0.252 e. The van der Waals surface area contributed by atoms with Gasteiger partial charge in [-0.05, 0) is 32.0 Å². The lowest BCUT2D eigenvalue weighted by Gasteiger charge is -2.20. The number of anilines is 3. The third-order valence-electron chi connectivity index (χ3n) is 4.15. The van der Waals surface area contributed by atoms with E-state index in [1.54, 1.807) is 55.4 Å². The van der Waals surface area contributed by atoms with E-state index in [9.17, 15) is 9.18 Å². The van der Waals surface area contributed by atoms with Crippen LogP contribution in [-0.4, -0.2) is 37.7 Å². The van der Waals surface area contributed by atoms with Gasteiger partial charge in [-0.1, -0.05) is 0 Å². The Balaban J connectivity index is 1.96. The van der Waals surface area contributed by atoms with Crippen LogP contribution in [0.15, 0.2) is 43.0 Å². The lowest BCUT2D eigenvalue weighted by molar-refractivity contribution is 0.100. The van der Waals surface area contributed by atoms with Crippen LogP contribution in [0, 0.1) is 5.82 Å². The molecule has 3 rings (SSSR count). The highest BCUT2D eigenvalue weighted by Crippen LogP contribution is 2.25. The maximum atomic E-state index is 14.4. The highest BCUT2D eigenvalue weighted by molar-refractivity contribution is 5.98. The minimum Gasteiger partial charge on any atom is -0.365 e. The van der Waals surface area contributed by atoms with Crippen molar-refractivity contribution in [2.75, 3.05) is 10.6 Å². The monoisotopic (exact) mass is 384 g/mol. The Labute approximate surface area is 161 Å². The molecular formula is C18H21FN8O. The number of aromatic nitrogens is 4. The SMILES string of the molecule is CC(N)C(C)Nc1nc(Nc2cncc(-n3cccn3)c2)c(C(N)=O)cc1F. The quantitative estimate of drug-likeness (QED) is 0.487. The molecule has 0 saturated heterocycles. The number of primary amides is 1. The third kappa shape index (κ3) is 4.23. The van der Waals surface area contributed by atoms with Crippen LogP contribution < -0.4 is 22.1 Å². The van der Waals surface area contributed by atoms with Crippen molar-refractivity contribution in [3.05, 3.63) is 54.4 Å². The van der Waals surface area contributed by atoms with Gasteiger partial charge in [0.2, 0.25) is 0 Å². The number of hydrogen-bond acceptors (Lipinski definition) is 7. The molecule has 10 heteroatoms. The van der Waals surface area contributed by atoms with Crippen LogP contribution in [0.2, 0.25) is 0 Å². The Morgan fingerprint density at radius 2 is 2.04 bits per heavy atom. The van der Waals surface area contributed by atoms with Crippen LogP contribution >= 0.6 is 0 Å². The fourth-order valence-electron chi connectivity index (χ4n) is 2.40. The fraction of sp³-hybridized carbons (Fsp3) is 0.222. The van der Waals surface area contributed by atoms with Gasteiger partial charge in [-0.15, -0.1) is 0 Å². The van der Waals surface area contributed by atoms with Gasteiger partial charge in [0.25, 0.3) is 5.91 Å².